The van der Waals surface area contributed by atoms with Crippen molar-refractivity contribution in [2.24, 2.45) is 0 Å². The van der Waals surface area contributed by atoms with Gasteiger partial charge in [0.2, 0.25) is 0 Å². The third-order valence-electron chi connectivity index (χ3n) is 1.82. The zero-order valence-electron chi connectivity index (χ0n) is 5.92. The van der Waals surface area contributed by atoms with Crippen LogP contribution in [0, 0.1) is 0 Å². The van der Waals surface area contributed by atoms with Crippen molar-refractivity contribution in [3.05, 3.63) is 0 Å². The van der Waals surface area contributed by atoms with Gasteiger partial charge in [-0.05, 0) is 0 Å². The molecule has 0 spiro atoms. The van der Waals surface area contributed by atoms with Crippen LogP contribution in [0.15, 0.2) is 0 Å². The highest BCUT2D eigenvalue weighted by molar-refractivity contribution is 4.89. The van der Waals surface area contributed by atoms with E-state index in [0.717, 1.165) is 0 Å². The van der Waals surface area contributed by atoms with Crippen molar-refractivity contribution in [2.75, 3.05) is 13.2 Å². The van der Waals surface area contributed by atoms with E-state index < -0.39 is 24.4 Å². The van der Waals surface area contributed by atoms with Gasteiger partial charge in [0.05, 0.1) is 13.2 Å². The lowest BCUT2D eigenvalue weighted by Crippen LogP contribution is -2.34. The molecule has 0 aliphatic carbocycles. The van der Waals surface area contributed by atoms with E-state index >= 15 is 0 Å². The minimum absolute atomic E-state index is 0.352. The van der Waals surface area contributed by atoms with E-state index in [1.807, 2.05) is 0 Å². The molecule has 5 heteroatoms. The first-order chi connectivity index (χ1) is 5.20. The molecule has 1 fully saturated rings. The van der Waals surface area contributed by atoms with Crippen molar-refractivity contribution in [3.8, 4) is 0 Å². The molecule has 0 saturated carbocycles. The van der Waals surface area contributed by atoms with Crippen molar-refractivity contribution in [1.29, 1.82) is 0 Å². The summed E-state index contributed by atoms with van der Waals surface area (Å²) in [6.07, 6.45) is -3.75. The Bertz CT molecular complexity index is 110. The third kappa shape index (κ3) is 1.52. The SMILES string of the molecule is OCC1OC(CO)[C@H](O)[C@@H]1O. The van der Waals surface area contributed by atoms with E-state index in [0.29, 0.717) is 0 Å². The Morgan fingerprint density at radius 1 is 0.909 bits per heavy atom. The van der Waals surface area contributed by atoms with E-state index in [2.05, 4.69) is 0 Å². The van der Waals surface area contributed by atoms with E-state index in [1.54, 1.807) is 0 Å². The lowest BCUT2D eigenvalue weighted by Gasteiger charge is -2.10. The lowest BCUT2D eigenvalue weighted by atomic mass is 10.1. The van der Waals surface area contributed by atoms with Crippen LogP contribution in [0.2, 0.25) is 0 Å². The molecule has 0 bridgehead atoms. The van der Waals surface area contributed by atoms with E-state index in [4.69, 9.17) is 25.2 Å². The molecule has 0 radical (unpaired) electrons. The van der Waals surface area contributed by atoms with Gasteiger partial charge in [-0.2, -0.15) is 0 Å². The van der Waals surface area contributed by atoms with Gasteiger partial charge >= 0.3 is 0 Å². The summed E-state index contributed by atoms with van der Waals surface area (Å²) in [5, 5.41) is 35.4. The second-order valence-corrected chi connectivity index (χ2v) is 2.56. The molecule has 1 rings (SSSR count). The van der Waals surface area contributed by atoms with Crippen LogP contribution >= 0.6 is 0 Å². The fourth-order valence-corrected chi connectivity index (χ4v) is 1.13. The Labute approximate surface area is 63.8 Å². The Balaban J connectivity index is 2.53. The highest BCUT2D eigenvalue weighted by atomic mass is 16.6. The van der Waals surface area contributed by atoms with Crippen LogP contribution in [0.3, 0.4) is 0 Å². The van der Waals surface area contributed by atoms with Crippen LogP contribution < -0.4 is 0 Å². The van der Waals surface area contributed by atoms with E-state index in [1.165, 1.54) is 0 Å². The summed E-state index contributed by atoms with van der Waals surface area (Å²) >= 11 is 0. The Morgan fingerprint density at radius 2 is 1.27 bits per heavy atom. The van der Waals surface area contributed by atoms with Gasteiger partial charge in [-0.15, -0.1) is 0 Å². The van der Waals surface area contributed by atoms with Crippen LogP contribution in [-0.4, -0.2) is 58.1 Å². The Morgan fingerprint density at radius 3 is 1.45 bits per heavy atom. The second-order valence-electron chi connectivity index (χ2n) is 2.56. The normalized spacial score (nSPS) is 44.7. The number of aliphatic hydroxyl groups excluding tert-OH is 4. The predicted octanol–water partition coefficient (Wildman–Crippen LogP) is -2.54. The van der Waals surface area contributed by atoms with Crippen LogP contribution in [0.1, 0.15) is 0 Å². The molecule has 1 heterocycles. The first kappa shape index (κ1) is 8.89. The van der Waals surface area contributed by atoms with Crippen molar-refractivity contribution >= 4 is 0 Å². The van der Waals surface area contributed by atoms with E-state index in [-0.39, 0.29) is 13.2 Å². The Hall–Kier alpha value is -0.200. The van der Waals surface area contributed by atoms with Crippen molar-refractivity contribution in [3.63, 3.8) is 0 Å². The second kappa shape index (κ2) is 3.46. The highest BCUT2D eigenvalue weighted by Gasteiger charge is 2.41. The fraction of sp³-hybridized carbons (Fsp3) is 1.00. The molecular weight excluding hydrogens is 152 g/mol. The predicted molar refractivity (Wildman–Crippen MR) is 34.8 cm³/mol. The number of aliphatic hydroxyl groups is 4. The first-order valence-electron chi connectivity index (χ1n) is 3.44. The lowest BCUT2D eigenvalue weighted by molar-refractivity contribution is -0.0395. The summed E-state index contributed by atoms with van der Waals surface area (Å²) in [5.74, 6) is 0. The molecular formula is C6H12O5. The third-order valence-corrected chi connectivity index (χ3v) is 1.82. The van der Waals surface area contributed by atoms with Gasteiger partial charge in [-0.3, -0.25) is 0 Å². The minimum Gasteiger partial charge on any atom is -0.394 e. The summed E-state index contributed by atoms with van der Waals surface area (Å²) in [6, 6.07) is 0. The van der Waals surface area contributed by atoms with Gasteiger partial charge in [-0.1, -0.05) is 0 Å². The molecule has 1 aliphatic rings. The van der Waals surface area contributed by atoms with Crippen LogP contribution in [0.25, 0.3) is 0 Å². The highest BCUT2D eigenvalue weighted by Crippen LogP contribution is 2.20. The molecule has 2 unspecified atom stereocenters. The molecule has 4 atom stereocenters. The fourth-order valence-electron chi connectivity index (χ4n) is 1.13. The molecule has 66 valence electrons. The van der Waals surface area contributed by atoms with Crippen LogP contribution in [0.5, 0.6) is 0 Å². The Kier molecular flexibility index (Phi) is 2.80. The van der Waals surface area contributed by atoms with Gasteiger partial charge in [0, 0.05) is 0 Å². The summed E-state index contributed by atoms with van der Waals surface area (Å²) < 4.78 is 4.88. The summed E-state index contributed by atoms with van der Waals surface area (Å²) in [4.78, 5) is 0. The standard InChI is InChI=1S/C6H12O5/c7-1-3-5(9)6(10)4(2-8)11-3/h3-10H,1-2H2/t3?,4?,5-,6+. The molecule has 1 aliphatic heterocycles. The van der Waals surface area contributed by atoms with E-state index in [9.17, 15) is 0 Å². The summed E-state index contributed by atoms with van der Waals surface area (Å²) in [5.41, 5.74) is 0. The van der Waals surface area contributed by atoms with Gasteiger partial charge in [0.15, 0.2) is 0 Å². The van der Waals surface area contributed by atoms with Crippen molar-refractivity contribution in [2.45, 2.75) is 24.4 Å². The average molecular weight is 164 g/mol. The molecule has 5 nitrogen and oxygen atoms in total. The first-order valence-corrected chi connectivity index (χ1v) is 3.44. The van der Waals surface area contributed by atoms with Crippen LogP contribution in [0.4, 0.5) is 0 Å². The van der Waals surface area contributed by atoms with Crippen molar-refractivity contribution in [1.82, 2.24) is 0 Å². The molecule has 0 aromatic heterocycles. The summed E-state index contributed by atoms with van der Waals surface area (Å²) in [6.45, 7) is -0.705. The summed E-state index contributed by atoms with van der Waals surface area (Å²) in [7, 11) is 0. The van der Waals surface area contributed by atoms with Gasteiger partial charge in [0.25, 0.3) is 0 Å². The van der Waals surface area contributed by atoms with Gasteiger partial charge in [0.1, 0.15) is 24.4 Å². The molecule has 0 amide bonds. The smallest absolute Gasteiger partial charge is 0.111 e. The number of rotatable bonds is 2. The largest absolute Gasteiger partial charge is 0.394 e. The zero-order chi connectivity index (χ0) is 8.43. The molecule has 0 aromatic rings. The average Bonchev–Trinajstić information content (AvgIpc) is 2.30. The quantitative estimate of drug-likeness (QED) is 0.361. The number of hydrogen-bond donors (Lipinski definition) is 4. The minimum atomic E-state index is -1.10. The topological polar surface area (TPSA) is 90.2 Å². The zero-order valence-corrected chi connectivity index (χ0v) is 5.92. The number of hydrogen-bond acceptors (Lipinski definition) is 5. The maximum absolute atomic E-state index is 9.11. The van der Waals surface area contributed by atoms with Crippen LogP contribution in [-0.2, 0) is 4.74 Å². The molecule has 4 N–H and O–H groups in total. The van der Waals surface area contributed by atoms with Gasteiger partial charge in [-0.25, -0.2) is 0 Å². The van der Waals surface area contributed by atoms with Gasteiger partial charge < -0.3 is 25.2 Å². The molecule has 1 saturated heterocycles. The maximum atomic E-state index is 9.11. The van der Waals surface area contributed by atoms with Crippen molar-refractivity contribution < 1.29 is 25.2 Å². The molecule has 0 aromatic carbocycles. The monoisotopic (exact) mass is 164 g/mol. The molecule has 11 heavy (non-hydrogen) atoms. The number of ether oxygens (including phenoxy) is 1. The maximum Gasteiger partial charge on any atom is 0.111 e.